The van der Waals surface area contributed by atoms with E-state index >= 15 is 0 Å². The molecule has 2 aliphatic heterocycles. The zero-order valence-corrected chi connectivity index (χ0v) is 46.7. The van der Waals surface area contributed by atoms with Gasteiger partial charge in [0.25, 0.3) is 6.71 Å². The van der Waals surface area contributed by atoms with E-state index in [1.807, 2.05) is 11.3 Å². The molecule has 8 aromatic carbocycles. The second-order valence-electron chi connectivity index (χ2n) is 26.1. The number of anilines is 9. The van der Waals surface area contributed by atoms with Gasteiger partial charge in [-0.15, -0.1) is 11.3 Å². The average Bonchev–Trinajstić information content (AvgIpc) is 3.87. The third kappa shape index (κ3) is 6.97. The van der Waals surface area contributed by atoms with E-state index < -0.39 is 0 Å². The highest BCUT2D eigenvalue weighted by molar-refractivity contribution is 7.26. The summed E-state index contributed by atoms with van der Waals surface area (Å²) in [5.74, 6) is 0. The molecule has 3 nitrogen and oxygen atoms in total. The lowest BCUT2D eigenvalue weighted by atomic mass is 9.33. The Morgan fingerprint density at radius 1 is 0.486 bits per heavy atom. The number of aryl methyl sites for hydroxylation is 2. The normalized spacial score (nSPS) is 17.4. The van der Waals surface area contributed by atoms with Crippen molar-refractivity contribution in [1.29, 1.82) is 0 Å². The third-order valence-electron chi connectivity index (χ3n) is 17.9. The maximum absolute atomic E-state index is 2.73. The predicted molar refractivity (Wildman–Crippen MR) is 322 cm³/mol. The standard InChI is InChI=1S/C69H70BN3S/c1-42-34-59-63-60(35-42)73(56-39-51-49(36-43(56)2)66(6,7)32-33-67(51,8)9)58-40-52-50(68(10,11)41-69(52,12)13)38-54(58)70(63)53-30-28-46(71(44-22-16-14-17-23-44)45-24-18-15-19-25-45)37-57(53)72(59)55-31-29-48(65(3,4)5)62-47-26-20-21-27-61(47)74-64(55)62/h14-31,34-40H,32-33,41H2,1-13H3. The van der Waals surface area contributed by atoms with E-state index in [4.69, 9.17) is 0 Å². The molecule has 2 aliphatic carbocycles. The number of nitrogens with zero attached hydrogens (tertiary/aromatic N) is 3. The molecule has 0 bridgehead atoms. The quantitative estimate of drug-likeness (QED) is 0.159. The van der Waals surface area contributed by atoms with Gasteiger partial charge in [0.15, 0.2) is 0 Å². The van der Waals surface area contributed by atoms with Crippen LogP contribution in [0.25, 0.3) is 20.2 Å². The van der Waals surface area contributed by atoms with Gasteiger partial charge in [-0.25, -0.2) is 0 Å². The SMILES string of the molecule is Cc1cc2c3c(c1)N(c1ccc(C(C)(C)C)c4c1sc1ccccc14)c1cc(N(c4ccccc4)c4ccccc4)ccc1B3c1cc3c(cc1N2c1cc2c(cc1C)C(C)(C)CCC2(C)C)C(C)(C)CC3(C)C. The van der Waals surface area contributed by atoms with Gasteiger partial charge in [0.2, 0.25) is 0 Å². The Morgan fingerprint density at radius 3 is 1.66 bits per heavy atom. The number of thiophene rings is 1. The molecule has 4 aliphatic rings. The molecule has 0 saturated carbocycles. The highest BCUT2D eigenvalue weighted by atomic mass is 32.1. The van der Waals surface area contributed by atoms with Crippen LogP contribution in [0.15, 0.2) is 152 Å². The van der Waals surface area contributed by atoms with Gasteiger partial charge in [0, 0.05) is 61.0 Å². The minimum Gasteiger partial charge on any atom is -0.311 e. The maximum atomic E-state index is 2.73. The highest BCUT2D eigenvalue weighted by Gasteiger charge is 2.49. The fourth-order valence-electron chi connectivity index (χ4n) is 14.4. The molecule has 13 rings (SSSR count). The van der Waals surface area contributed by atoms with Crippen LogP contribution < -0.4 is 31.1 Å². The number of rotatable bonds is 5. The molecule has 9 aromatic rings. The fourth-order valence-corrected chi connectivity index (χ4v) is 15.6. The summed E-state index contributed by atoms with van der Waals surface area (Å²) in [7, 11) is 0. The molecule has 0 unspecified atom stereocenters. The van der Waals surface area contributed by atoms with E-state index in [2.05, 4.69) is 256 Å². The Labute approximate surface area is 445 Å². The molecule has 0 N–H and O–H groups in total. The van der Waals surface area contributed by atoms with Gasteiger partial charge >= 0.3 is 0 Å². The summed E-state index contributed by atoms with van der Waals surface area (Å²) < 4.78 is 2.65. The molecule has 3 heterocycles. The second kappa shape index (κ2) is 16.0. The molecule has 0 fully saturated rings. The van der Waals surface area contributed by atoms with Gasteiger partial charge < -0.3 is 14.7 Å². The lowest BCUT2D eigenvalue weighted by molar-refractivity contribution is 0.332. The van der Waals surface area contributed by atoms with E-state index in [0.29, 0.717) is 0 Å². The number of hydrogen-bond donors (Lipinski definition) is 0. The van der Waals surface area contributed by atoms with Crippen molar-refractivity contribution in [3.63, 3.8) is 0 Å². The van der Waals surface area contributed by atoms with Crippen molar-refractivity contribution in [2.24, 2.45) is 0 Å². The van der Waals surface area contributed by atoms with Crippen LogP contribution in [-0.2, 0) is 27.1 Å². The summed E-state index contributed by atoms with van der Waals surface area (Å²) in [6, 6.07) is 58.8. The smallest absolute Gasteiger partial charge is 0.252 e. The van der Waals surface area contributed by atoms with Gasteiger partial charge in [-0.3, -0.25) is 0 Å². The number of benzene rings is 8. The first-order chi connectivity index (χ1) is 35.1. The van der Waals surface area contributed by atoms with Crippen LogP contribution in [-0.4, -0.2) is 6.71 Å². The summed E-state index contributed by atoms with van der Waals surface area (Å²) in [6.07, 6.45) is 3.47. The molecule has 0 saturated heterocycles. The zero-order valence-electron chi connectivity index (χ0n) is 45.9. The molecule has 74 heavy (non-hydrogen) atoms. The lowest BCUT2D eigenvalue weighted by Gasteiger charge is -2.47. The average molecular weight is 984 g/mol. The topological polar surface area (TPSA) is 9.72 Å². The zero-order chi connectivity index (χ0) is 51.6. The van der Waals surface area contributed by atoms with Gasteiger partial charge in [-0.05, 0) is 188 Å². The second-order valence-corrected chi connectivity index (χ2v) is 27.2. The van der Waals surface area contributed by atoms with Crippen LogP contribution in [0.4, 0.5) is 51.2 Å². The van der Waals surface area contributed by atoms with Crippen LogP contribution in [0.2, 0.25) is 0 Å². The van der Waals surface area contributed by atoms with Gasteiger partial charge in [-0.2, -0.15) is 0 Å². The Bertz CT molecular complexity index is 3750. The summed E-state index contributed by atoms with van der Waals surface area (Å²) in [5.41, 5.74) is 25.2. The summed E-state index contributed by atoms with van der Waals surface area (Å²) >= 11 is 1.95. The van der Waals surface area contributed by atoms with Crippen LogP contribution in [0.1, 0.15) is 134 Å². The van der Waals surface area contributed by atoms with Crippen LogP contribution in [0, 0.1) is 13.8 Å². The molecule has 0 amide bonds. The number of hydrogen-bond acceptors (Lipinski definition) is 4. The van der Waals surface area contributed by atoms with E-state index in [9.17, 15) is 0 Å². The van der Waals surface area contributed by atoms with Crippen molar-refractivity contribution in [2.75, 3.05) is 14.7 Å². The first-order valence-corrected chi connectivity index (χ1v) is 28.0. The van der Waals surface area contributed by atoms with Gasteiger partial charge in [0.05, 0.1) is 10.4 Å². The van der Waals surface area contributed by atoms with Crippen molar-refractivity contribution in [3.05, 3.63) is 191 Å². The molecule has 0 radical (unpaired) electrons. The molecular formula is C69H70BN3S. The van der Waals surface area contributed by atoms with Crippen LogP contribution in [0.3, 0.4) is 0 Å². The minimum absolute atomic E-state index is 0.0149. The number of fused-ring (bicyclic) bond motifs is 9. The summed E-state index contributed by atoms with van der Waals surface area (Å²) in [5, 5.41) is 2.71. The Morgan fingerprint density at radius 2 is 1.03 bits per heavy atom. The van der Waals surface area contributed by atoms with Crippen molar-refractivity contribution in [1.82, 2.24) is 0 Å². The lowest BCUT2D eigenvalue weighted by Crippen LogP contribution is -2.61. The van der Waals surface area contributed by atoms with Gasteiger partial charge in [0.1, 0.15) is 0 Å². The molecule has 0 spiro atoms. The van der Waals surface area contributed by atoms with E-state index in [-0.39, 0.29) is 33.8 Å². The number of para-hydroxylation sites is 2. The Kier molecular flexibility index (Phi) is 10.2. The van der Waals surface area contributed by atoms with E-state index in [1.165, 1.54) is 122 Å². The van der Waals surface area contributed by atoms with Crippen LogP contribution >= 0.6 is 11.3 Å². The molecular weight excluding hydrogens is 914 g/mol. The highest BCUT2D eigenvalue weighted by Crippen LogP contribution is 2.56. The molecule has 370 valence electrons. The summed E-state index contributed by atoms with van der Waals surface area (Å²) in [4.78, 5) is 7.85. The molecule has 5 heteroatoms. The Hall–Kier alpha value is -6.56. The monoisotopic (exact) mass is 984 g/mol. The predicted octanol–water partition coefficient (Wildman–Crippen LogP) is 17.8. The first-order valence-electron chi connectivity index (χ1n) is 27.2. The largest absolute Gasteiger partial charge is 0.311 e. The fraction of sp³-hybridized carbons (Fsp3) is 0.304. The first kappa shape index (κ1) is 47.2. The Balaban J connectivity index is 1.16. The molecule has 0 atom stereocenters. The van der Waals surface area contributed by atoms with Crippen LogP contribution in [0.5, 0.6) is 0 Å². The van der Waals surface area contributed by atoms with E-state index in [1.54, 1.807) is 0 Å². The minimum atomic E-state index is -0.0591. The van der Waals surface area contributed by atoms with Gasteiger partial charge in [-0.1, -0.05) is 155 Å². The van der Waals surface area contributed by atoms with Crippen molar-refractivity contribution >= 4 is 106 Å². The van der Waals surface area contributed by atoms with E-state index in [0.717, 1.165) is 23.5 Å². The van der Waals surface area contributed by atoms with Crippen molar-refractivity contribution < 1.29 is 0 Å². The van der Waals surface area contributed by atoms with Crippen molar-refractivity contribution in [3.8, 4) is 0 Å². The van der Waals surface area contributed by atoms with Crippen molar-refractivity contribution in [2.45, 2.75) is 136 Å². The summed E-state index contributed by atoms with van der Waals surface area (Å²) in [6.45, 7) is 31.6. The molecule has 1 aromatic heterocycles. The third-order valence-corrected chi connectivity index (χ3v) is 19.1. The maximum Gasteiger partial charge on any atom is 0.252 e.